The van der Waals surface area contributed by atoms with Gasteiger partial charge in [0.05, 0.1) is 18.2 Å². The second kappa shape index (κ2) is 8.96. The van der Waals surface area contributed by atoms with Crippen LogP contribution in [0.15, 0.2) is 0 Å². The highest BCUT2D eigenvalue weighted by molar-refractivity contribution is 5.85. The number of hydrogen-bond acceptors (Lipinski definition) is 3. The predicted molar refractivity (Wildman–Crippen MR) is 87.6 cm³/mol. The second-order valence-corrected chi connectivity index (χ2v) is 6.48. The van der Waals surface area contributed by atoms with E-state index in [0.717, 1.165) is 32.4 Å². The summed E-state index contributed by atoms with van der Waals surface area (Å²) in [6, 6.07) is -0.340. The maximum absolute atomic E-state index is 12.3. The molecule has 0 radical (unpaired) electrons. The van der Waals surface area contributed by atoms with Gasteiger partial charge >= 0.3 is 0 Å². The fourth-order valence-electron chi connectivity index (χ4n) is 3.22. The number of carbonyl (C=O) groups is 1. The van der Waals surface area contributed by atoms with Gasteiger partial charge in [0, 0.05) is 13.1 Å². The number of halogens is 1. The lowest BCUT2D eigenvalue weighted by atomic mass is 9.97. The third-order valence-electron chi connectivity index (χ3n) is 4.98. The molecular formula is C16H31ClN2O2. The van der Waals surface area contributed by atoms with Crippen LogP contribution in [-0.4, -0.2) is 42.1 Å². The van der Waals surface area contributed by atoms with Gasteiger partial charge in [-0.1, -0.05) is 33.1 Å². The fraction of sp³-hybridized carbons (Fsp3) is 0.938. The molecule has 2 rings (SSSR count). The molecule has 1 saturated heterocycles. The predicted octanol–water partition coefficient (Wildman–Crippen LogP) is 2.73. The van der Waals surface area contributed by atoms with Crippen molar-refractivity contribution >= 4 is 18.3 Å². The van der Waals surface area contributed by atoms with Crippen molar-refractivity contribution in [1.29, 1.82) is 0 Å². The van der Waals surface area contributed by atoms with Crippen molar-refractivity contribution in [3.8, 4) is 0 Å². The van der Waals surface area contributed by atoms with Gasteiger partial charge in [-0.25, -0.2) is 0 Å². The molecule has 2 aliphatic rings. The molecule has 0 aromatic rings. The lowest BCUT2D eigenvalue weighted by Crippen LogP contribution is -2.50. The third-order valence-corrected chi connectivity index (χ3v) is 4.98. The van der Waals surface area contributed by atoms with Crippen LogP contribution in [0.25, 0.3) is 0 Å². The maximum atomic E-state index is 12.3. The first kappa shape index (κ1) is 18.7. The summed E-state index contributed by atoms with van der Waals surface area (Å²) in [7, 11) is 0. The molecule has 1 heterocycles. The van der Waals surface area contributed by atoms with Crippen molar-refractivity contribution in [2.24, 2.45) is 11.7 Å². The molecule has 0 aromatic carbocycles. The number of carbonyl (C=O) groups excluding carboxylic acids is 1. The molecule has 2 unspecified atom stereocenters. The molecule has 124 valence electrons. The normalized spacial score (nSPS) is 23.7. The van der Waals surface area contributed by atoms with Crippen LogP contribution in [0, 0.1) is 5.92 Å². The summed E-state index contributed by atoms with van der Waals surface area (Å²) in [6.45, 7) is 5.75. The van der Waals surface area contributed by atoms with E-state index in [-0.39, 0.29) is 30.3 Å². The minimum Gasteiger partial charge on any atom is -0.375 e. The molecule has 2 fully saturated rings. The average molecular weight is 319 g/mol. The minimum atomic E-state index is -0.340. The third kappa shape index (κ3) is 5.11. The highest BCUT2D eigenvalue weighted by Crippen LogP contribution is 2.25. The largest absolute Gasteiger partial charge is 0.375 e. The zero-order valence-electron chi connectivity index (χ0n) is 13.4. The first-order chi connectivity index (χ1) is 9.61. The molecule has 0 spiro atoms. The van der Waals surface area contributed by atoms with Crippen molar-refractivity contribution in [2.45, 2.75) is 77.0 Å². The molecule has 0 aromatic heterocycles. The summed E-state index contributed by atoms with van der Waals surface area (Å²) < 4.78 is 6.14. The van der Waals surface area contributed by atoms with E-state index in [9.17, 15) is 4.79 Å². The molecule has 2 N–H and O–H groups in total. The Morgan fingerprint density at radius 1 is 1.19 bits per heavy atom. The second-order valence-electron chi connectivity index (χ2n) is 6.48. The van der Waals surface area contributed by atoms with Gasteiger partial charge in [0.25, 0.3) is 0 Å². The van der Waals surface area contributed by atoms with Gasteiger partial charge in [-0.2, -0.15) is 0 Å². The van der Waals surface area contributed by atoms with Gasteiger partial charge in [-0.15, -0.1) is 12.4 Å². The molecule has 0 bridgehead atoms. The zero-order chi connectivity index (χ0) is 14.5. The van der Waals surface area contributed by atoms with Crippen molar-refractivity contribution < 1.29 is 9.53 Å². The van der Waals surface area contributed by atoms with Gasteiger partial charge in [0.2, 0.25) is 5.91 Å². The molecule has 2 atom stereocenters. The molecule has 5 heteroatoms. The topological polar surface area (TPSA) is 55.6 Å². The van der Waals surface area contributed by atoms with E-state index < -0.39 is 0 Å². The SMILES string of the molecule is CCC(C)C(N)C(=O)N1CCC(OC2CCCC2)CC1.Cl. The zero-order valence-corrected chi connectivity index (χ0v) is 14.2. The summed E-state index contributed by atoms with van der Waals surface area (Å²) in [5, 5.41) is 0. The Bertz CT molecular complexity index is 313. The van der Waals surface area contributed by atoms with Gasteiger partial charge in [-0.05, 0) is 31.6 Å². The number of nitrogens with two attached hydrogens (primary N) is 1. The Balaban J connectivity index is 0.00000220. The first-order valence-electron chi connectivity index (χ1n) is 8.31. The van der Waals surface area contributed by atoms with Crippen LogP contribution < -0.4 is 5.73 Å². The Labute approximate surface area is 135 Å². The summed E-state index contributed by atoms with van der Waals surface area (Å²) >= 11 is 0. The van der Waals surface area contributed by atoms with Crippen LogP contribution in [0.2, 0.25) is 0 Å². The number of amides is 1. The molecule has 1 amide bonds. The highest BCUT2D eigenvalue weighted by Gasteiger charge is 2.30. The van der Waals surface area contributed by atoms with E-state index in [1.165, 1.54) is 25.7 Å². The van der Waals surface area contributed by atoms with Gasteiger partial charge < -0.3 is 15.4 Å². The lowest BCUT2D eigenvalue weighted by Gasteiger charge is -2.35. The smallest absolute Gasteiger partial charge is 0.239 e. The number of ether oxygens (including phenoxy) is 1. The van der Waals surface area contributed by atoms with Gasteiger partial charge in [0.15, 0.2) is 0 Å². The van der Waals surface area contributed by atoms with Gasteiger partial charge in [0.1, 0.15) is 0 Å². The maximum Gasteiger partial charge on any atom is 0.239 e. The molecule has 1 saturated carbocycles. The van der Waals surface area contributed by atoms with Crippen molar-refractivity contribution in [2.75, 3.05) is 13.1 Å². The average Bonchev–Trinajstić information content (AvgIpc) is 2.98. The molecule has 1 aliphatic heterocycles. The number of hydrogen-bond donors (Lipinski definition) is 1. The number of likely N-dealkylation sites (tertiary alicyclic amines) is 1. The van der Waals surface area contributed by atoms with E-state index in [4.69, 9.17) is 10.5 Å². The number of rotatable bonds is 5. The number of nitrogens with zero attached hydrogens (tertiary/aromatic N) is 1. The van der Waals surface area contributed by atoms with Crippen LogP contribution in [-0.2, 0) is 9.53 Å². The quantitative estimate of drug-likeness (QED) is 0.848. The Hall–Kier alpha value is -0.320. The Kier molecular flexibility index (Phi) is 7.99. The monoisotopic (exact) mass is 318 g/mol. The minimum absolute atomic E-state index is 0. The lowest BCUT2D eigenvalue weighted by molar-refractivity contribution is -0.137. The van der Waals surface area contributed by atoms with E-state index in [1.54, 1.807) is 0 Å². The van der Waals surface area contributed by atoms with E-state index in [1.807, 2.05) is 4.90 Å². The molecule has 21 heavy (non-hydrogen) atoms. The van der Waals surface area contributed by atoms with Crippen LogP contribution in [0.5, 0.6) is 0 Å². The number of piperidine rings is 1. The standard InChI is InChI=1S/C16H30N2O2.ClH/c1-3-12(2)15(17)16(19)18-10-8-14(9-11-18)20-13-6-4-5-7-13;/h12-15H,3-11,17H2,1-2H3;1H. The highest BCUT2D eigenvalue weighted by atomic mass is 35.5. The molecule has 1 aliphatic carbocycles. The molecule has 4 nitrogen and oxygen atoms in total. The van der Waals surface area contributed by atoms with E-state index in [2.05, 4.69) is 13.8 Å². The van der Waals surface area contributed by atoms with E-state index >= 15 is 0 Å². The van der Waals surface area contributed by atoms with E-state index in [0.29, 0.717) is 12.2 Å². The Morgan fingerprint density at radius 3 is 2.24 bits per heavy atom. The van der Waals surface area contributed by atoms with Crippen molar-refractivity contribution in [3.63, 3.8) is 0 Å². The molecular weight excluding hydrogens is 288 g/mol. The summed E-state index contributed by atoms with van der Waals surface area (Å²) in [5.41, 5.74) is 6.05. The van der Waals surface area contributed by atoms with Crippen LogP contribution in [0.4, 0.5) is 0 Å². The summed E-state index contributed by atoms with van der Waals surface area (Å²) in [6.07, 6.45) is 8.78. The first-order valence-corrected chi connectivity index (χ1v) is 8.31. The fourth-order valence-corrected chi connectivity index (χ4v) is 3.22. The van der Waals surface area contributed by atoms with Crippen molar-refractivity contribution in [1.82, 2.24) is 4.90 Å². The van der Waals surface area contributed by atoms with Crippen LogP contribution >= 0.6 is 12.4 Å². The summed E-state index contributed by atoms with van der Waals surface area (Å²) in [4.78, 5) is 14.2. The Morgan fingerprint density at radius 2 is 1.71 bits per heavy atom. The van der Waals surface area contributed by atoms with Crippen molar-refractivity contribution in [3.05, 3.63) is 0 Å². The van der Waals surface area contributed by atoms with Crippen LogP contribution in [0.3, 0.4) is 0 Å². The van der Waals surface area contributed by atoms with Gasteiger partial charge in [-0.3, -0.25) is 4.79 Å². The summed E-state index contributed by atoms with van der Waals surface area (Å²) in [5.74, 6) is 0.383. The van der Waals surface area contributed by atoms with Crippen LogP contribution in [0.1, 0.15) is 58.8 Å².